The van der Waals surface area contributed by atoms with Crippen LogP contribution in [0.1, 0.15) is 45.6 Å². The number of aromatic amines is 1. The van der Waals surface area contributed by atoms with Crippen LogP contribution < -0.4 is 16.6 Å². The SMILES string of the molecule is C=C/C=C\c1cc(Nc2nn([C@]3(CC#N)CC[C@@H](C(=O)OC(C)(C)C)OC3)c3cc[nH]c(=O)c23)ccc1N. The van der Waals surface area contributed by atoms with E-state index in [4.69, 9.17) is 20.3 Å². The Kier molecular flexibility index (Phi) is 7.41. The number of hydrogen-bond donors (Lipinski definition) is 3. The number of nitrogens with zero attached hydrogens (tertiary/aromatic N) is 3. The number of nitriles is 1. The van der Waals surface area contributed by atoms with E-state index in [1.165, 1.54) is 0 Å². The van der Waals surface area contributed by atoms with E-state index in [0.717, 1.165) is 5.56 Å². The van der Waals surface area contributed by atoms with Gasteiger partial charge in [-0.15, -0.1) is 0 Å². The second-order valence-electron chi connectivity index (χ2n) is 10.3. The lowest BCUT2D eigenvalue weighted by Crippen LogP contribution is -2.47. The monoisotopic (exact) mass is 516 g/mol. The first-order valence-electron chi connectivity index (χ1n) is 12.3. The van der Waals surface area contributed by atoms with Gasteiger partial charge < -0.3 is 25.5 Å². The lowest BCUT2D eigenvalue weighted by Gasteiger charge is -2.39. The van der Waals surface area contributed by atoms with Crippen LogP contribution in [0.4, 0.5) is 17.2 Å². The fraction of sp³-hybridized carbons (Fsp3) is 0.357. The van der Waals surface area contributed by atoms with Crippen LogP contribution >= 0.6 is 0 Å². The van der Waals surface area contributed by atoms with Crippen molar-refractivity contribution in [2.24, 2.45) is 0 Å². The van der Waals surface area contributed by atoms with Gasteiger partial charge in [0.1, 0.15) is 11.0 Å². The maximum atomic E-state index is 12.9. The zero-order valence-corrected chi connectivity index (χ0v) is 21.8. The van der Waals surface area contributed by atoms with Gasteiger partial charge in [0.2, 0.25) is 0 Å². The molecule has 2 aromatic heterocycles. The van der Waals surface area contributed by atoms with Gasteiger partial charge in [-0.1, -0.05) is 24.8 Å². The molecule has 0 bridgehead atoms. The van der Waals surface area contributed by atoms with Crippen molar-refractivity contribution in [1.29, 1.82) is 5.26 Å². The molecule has 3 heterocycles. The molecule has 0 spiro atoms. The van der Waals surface area contributed by atoms with E-state index in [0.29, 0.717) is 40.9 Å². The number of ether oxygens (including phenoxy) is 2. The topological polar surface area (TPSA) is 148 Å². The van der Waals surface area contributed by atoms with E-state index >= 15 is 0 Å². The van der Waals surface area contributed by atoms with E-state index in [9.17, 15) is 14.9 Å². The Hall–Kier alpha value is -4.36. The van der Waals surface area contributed by atoms with Crippen molar-refractivity contribution < 1.29 is 14.3 Å². The summed E-state index contributed by atoms with van der Waals surface area (Å²) in [5.41, 5.74) is 6.85. The predicted molar refractivity (Wildman–Crippen MR) is 147 cm³/mol. The zero-order valence-electron chi connectivity index (χ0n) is 21.8. The van der Waals surface area contributed by atoms with Crippen molar-refractivity contribution in [3.8, 4) is 6.07 Å². The Morgan fingerprint density at radius 1 is 1.45 bits per heavy atom. The summed E-state index contributed by atoms with van der Waals surface area (Å²) in [7, 11) is 0. The lowest BCUT2D eigenvalue weighted by molar-refractivity contribution is -0.176. The Bertz CT molecular complexity index is 1480. The van der Waals surface area contributed by atoms with Gasteiger partial charge in [-0.3, -0.25) is 9.48 Å². The van der Waals surface area contributed by atoms with Crippen LogP contribution in [0.2, 0.25) is 0 Å². The van der Waals surface area contributed by atoms with E-state index in [2.05, 4.69) is 22.9 Å². The average molecular weight is 517 g/mol. The average Bonchev–Trinajstić information content (AvgIpc) is 3.24. The molecule has 1 aliphatic rings. The van der Waals surface area contributed by atoms with E-state index < -0.39 is 23.2 Å². The number of rotatable bonds is 7. The third-order valence-corrected chi connectivity index (χ3v) is 6.32. The highest BCUT2D eigenvalue weighted by Gasteiger charge is 2.43. The minimum Gasteiger partial charge on any atom is -0.458 e. The summed E-state index contributed by atoms with van der Waals surface area (Å²) < 4.78 is 13.1. The summed E-state index contributed by atoms with van der Waals surface area (Å²) in [5.74, 6) is -0.103. The first-order valence-corrected chi connectivity index (χ1v) is 12.3. The molecule has 1 fully saturated rings. The summed E-state index contributed by atoms with van der Waals surface area (Å²) in [6, 6.07) is 9.38. The van der Waals surface area contributed by atoms with Crippen molar-refractivity contribution in [3.05, 3.63) is 65.1 Å². The van der Waals surface area contributed by atoms with Crippen molar-refractivity contribution in [1.82, 2.24) is 14.8 Å². The molecular formula is C28H32N6O4. The lowest BCUT2D eigenvalue weighted by atomic mass is 9.87. The smallest absolute Gasteiger partial charge is 0.335 e. The molecule has 4 rings (SSSR count). The highest BCUT2D eigenvalue weighted by Crippen LogP contribution is 2.37. The Labute approximate surface area is 220 Å². The van der Waals surface area contributed by atoms with Crippen molar-refractivity contribution >= 4 is 40.1 Å². The molecule has 10 nitrogen and oxygen atoms in total. The zero-order chi connectivity index (χ0) is 27.5. The molecule has 10 heteroatoms. The van der Waals surface area contributed by atoms with Crippen LogP contribution in [0.15, 0.2) is 54.0 Å². The molecule has 0 saturated carbocycles. The minimum absolute atomic E-state index is 0.0614. The number of allylic oxidation sites excluding steroid dienone is 2. The van der Waals surface area contributed by atoms with Crippen LogP contribution in [0.25, 0.3) is 17.0 Å². The van der Waals surface area contributed by atoms with Gasteiger partial charge in [-0.2, -0.15) is 10.4 Å². The molecule has 1 aliphatic heterocycles. The molecule has 0 amide bonds. The number of carbonyl (C=O) groups excluding carboxylic acids is 1. The standard InChI is InChI=1S/C28H32N6O4/c1-5-6-7-18-16-19(8-9-20(18)30)32-24-23-21(11-15-31-25(23)35)34(33-24)28(13-14-29)12-10-22(37-17-28)26(36)38-27(2,3)4/h5-9,11,15-16,22H,1,10,12-13,17,30H2,2-4H3,(H,31,35)(H,32,33)/b7-6-/t22-,28-/m0/s1. The molecule has 38 heavy (non-hydrogen) atoms. The van der Waals surface area contributed by atoms with E-state index in [1.54, 1.807) is 62.0 Å². The number of nitrogen functional groups attached to an aromatic ring is 1. The first kappa shape index (κ1) is 26.7. The normalized spacial score (nSPS) is 19.8. The number of H-pyrrole nitrogens is 1. The molecule has 2 atom stereocenters. The Morgan fingerprint density at radius 3 is 2.89 bits per heavy atom. The summed E-state index contributed by atoms with van der Waals surface area (Å²) in [6.45, 7) is 9.15. The maximum Gasteiger partial charge on any atom is 0.335 e. The highest BCUT2D eigenvalue weighted by atomic mass is 16.6. The van der Waals surface area contributed by atoms with Crippen LogP contribution in [-0.4, -0.2) is 39.0 Å². The van der Waals surface area contributed by atoms with Gasteiger partial charge in [-0.05, 0) is 63.4 Å². The van der Waals surface area contributed by atoms with Crippen LogP contribution in [-0.2, 0) is 19.8 Å². The number of esters is 1. The second-order valence-corrected chi connectivity index (χ2v) is 10.3. The van der Waals surface area contributed by atoms with Crippen LogP contribution in [0.5, 0.6) is 0 Å². The number of pyridine rings is 1. The summed E-state index contributed by atoms with van der Waals surface area (Å²) in [5, 5.41) is 18.1. The van der Waals surface area contributed by atoms with Gasteiger partial charge >= 0.3 is 5.97 Å². The quantitative estimate of drug-likeness (QED) is 0.238. The van der Waals surface area contributed by atoms with E-state index in [1.807, 2.05) is 12.1 Å². The largest absolute Gasteiger partial charge is 0.458 e. The Morgan fingerprint density at radius 2 is 2.24 bits per heavy atom. The van der Waals surface area contributed by atoms with Gasteiger partial charge in [0.25, 0.3) is 5.56 Å². The number of aromatic nitrogens is 3. The molecule has 0 radical (unpaired) electrons. The van der Waals surface area contributed by atoms with E-state index in [-0.39, 0.29) is 18.6 Å². The number of benzene rings is 1. The molecule has 4 N–H and O–H groups in total. The number of hydrogen-bond acceptors (Lipinski definition) is 8. The van der Waals surface area contributed by atoms with Crippen molar-refractivity contribution in [3.63, 3.8) is 0 Å². The Balaban J connectivity index is 1.72. The number of nitrogens with two attached hydrogens (primary N) is 1. The summed E-state index contributed by atoms with van der Waals surface area (Å²) in [6.07, 6.45) is 6.94. The fourth-order valence-electron chi connectivity index (χ4n) is 4.52. The van der Waals surface area contributed by atoms with Crippen LogP contribution in [0, 0.1) is 11.3 Å². The molecule has 1 saturated heterocycles. The number of anilines is 3. The number of nitrogens with one attached hydrogen (secondary N) is 2. The molecule has 1 aromatic carbocycles. The predicted octanol–water partition coefficient (Wildman–Crippen LogP) is 4.38. The number of fused-ring (bicyclic) bond motifs is 1. The van der Waals surface area contributed by atoms with Crippen LogP contribution in [0.3, 0.4) is 0 Å². The van der Waals surface area contributed by atoms with Crippen molar-refractivity contribution in [2.45, 2.75) is 57.3 Å². The fourth-order valence-corrected chi connectivity index (χ4v) is 4.52. The molecule has 0 unspecified atom stereocenters. The van der Waals surface area contributed by atoms with Crippen molar-refractivity contribution in [2.75, 3.05) is 17.7 Å². The number of carbonyl (C=O) groups is 1. The minimum atomic E-state index is -0.877. The molecule has 0 aliphatic carbocycles. The molecular weight excluding hydrogens is 484 g/mol. The van der Waals surface area contributed by atoms with Gasteiger partial charge in [0.05, 0.1) is 30.2 Å². The van der Waals surface area contributed by atoms with Gasteiger partial charge in [0, 0.05) is 17.6 Å². The third-order valence-electron chi connectivity index (χ3n) is 6.32. The summed E-state index contributed by atoms with van der Waals surface area (Å²) in [4.78, 5) is 28.2. The van der Waals surface area contributed by atoms with Gasteiger partial charge in [0.15, 0.2) is 11.9 Å². The third kappa shape index (κ3) is 5.48. The summed E-state index contributed by atoms with van der Waals surface area (Å²) >= 11 is 0. The maximum absolute atomic E-state index is 12.9. The molecule has 3 aromatic rings. The molecule has 198 valence electrons. The highest BCUT2D eigenvalue weighted by molar-refractivity contribution is 5.91. The first-order chi connectivity index (χ1) is 18.1. The second kappa shape index (κ2) is 10.6. The van der Waals surface area contributed by atoms with Gasteiger partial charge in [-0.25, -0.2) is 4.79 Å².